The molecule has 5 rings (SSSR count). The zero-order valence-corrected chi connectivity index (χ0v) is 15.1. The van der Waals surface area contributed by atoms with Crippen LogP contribution in [0.5, 0.6) is 0 Å². The van der Waals surface area contributed by atoms with E-state index >= 15 is 0 Å². The second-order valence-corrected chi connectivity index (χ2v) is 7.25. The van der Waals surface area contributed by atoms with Gasteiger partial charge in [0.1, 0.15) is 6.61 Å². The van der Waals surface area contributed by atoms with Crippen LogP contribution in [0.4, 0.5) is 0 Å². The van der Waals surface area contributed by atoms with E-state index in [1.807, 2.05) is 25.1 Å². The van der Waals surface area contributed by atoms with Crippen molar-refractivity contribution >= 4 is 16.9 Å². The fourth-order valence-corrected chi connectivity index (χ4v) is 4.16. The first kappa shape index (κ1) is 16.2. The molecule has 1 atom stereocenters. The van der Waals surface area contributed by atoms with Crippen molar-refractivity contribution in [1.29, 1.82) is 0 Å². The summed E-state index contributed by atoms with van der Waals surface area (Å²) in [5, 5.41) is 11.9. The molecule has 0 unspecified atom stereocenters. The van der Waals surface area contributed by atoms with Crippen LogP contribution in [-0.2, 0) is 28.3 Å². The first-order valence-electron chi connectivity index (χ1n) is 9.00. The van der Waals surface area contributed by atoms with Gasteiger partial charge in [0.05, 0.1) is 29.0 Å². The molecule has 2 aliphatic rings. The minimum atomic E-state index is -1.79. The summed E-state index contributed by atoms with van der Waals surface area (Å²) in [5.74, 6) is -0.706. The summed E-state index contributed by atoms with van der Waals surface area (Å²) in [6, 6.07) is 9.80. The number of benzene rings is 1. The maximum absolute atomic E-state index is 13.1. The van der Waals surface area contributed by atoms with Crippen LogP contribution < -0.4 is 5.56 Å². The van der Waals surface area contributed by atoms with Crippen molar-refractivity contribution in [2.24, 2.45) is 0 Å². The van der Waals surface area contributed by atoms with E-state index in [2.05, 4.69) is 6.07 Å². The Bertz CT molecular complexity index is 1210. The third-order valence-electron chi connectivity index (χ3n) is 5.74. The van der Waals surface area contributed by atoms with Gasteiger partial charge in [-0.15, -0.1) is 0 Å². The number of aromatic nitrogens is 2. The molecule has 4 heterocycles. The highest BCUT2D eigenvalue weighted by atomic mass is 16.6. The van der Waals surface area contributed by atoms with Crippen molar-refractivity contribution in [2.45, 2.75) is 39.0 Å². The Morgan fingerprint density at radius 1 is 1.30 bits per heavy atom. The molecule has 0 saturated carbocycles. The van der Waals surface area contributed by atoms with Crippen molar-refractivity contribution in [1.82, 2.24) is 9.55 Å². The highest BCUT2D eigenvalue weighted by Gasteiger charge is 2.45. The Kier molecular flexibility index (Phi) is 3.16. The summed E-state index contributed by atoms with van der Waals surface area (Å²) in [6.07, 6.45) is 0.138. The van der Waals surface area contributed by atoms with E-state index in [-0.39, 0.29) is 18.6 Å². The maximum Gasteiger partial charge on any atom is 0.343 e. The topological polar surface area (TPSA) is 81.4 Å². The second-order valence-electron chi connectivity index (χ2n) is 7.25. The van der Waals surface area contributed by atoms with Gasteiger partial charge in [0, 0.05) is 16.5 Å². The van der Waals surface area contributed by atoms with Crippen LogP contribution in [-0.4, -0.2) is 20.6 Å². The molecule has 136 valence electrons. The molecule has 2 aromatic heterocycles. The van der Waals surface area contributed by atoms with Crippen LogP contribution >= 0.6 is 0 Å². The number of hydrogen-bond acceptors (Lipinski definition) is 5. The molecule has 6 nitrogen and oxygen atoms in total. The van der Waals surface area contributed by atoms with Crippen molar-refractivity contribution < 1.29 is 14.6 Å². The summed E-state index contributed by atoms with van der Waals surface area (Å²) >= 11 is 0. The zero-order chi connectivity index (χ0) is 18.9. The number of carbonyl (C=O) groups excluding carboxylic acids is 1. The first-order chi connectivity index (χ1) is 12.9. The number of ether oxygens (including phenoxy) is 1. The summed E-state index contributed by atoms with van der Waals surface area (Å²) in [5.41, 5.74) is 2.93. The highest BCUT2D eigenvalue weighted by Crippen LogP contribution is 2.38. The third-order valence-corrected chi connectivity index (χ3v) is 5.74. The van der Waals surface area contributed by atoms with Crippen molar-refractivity contribution in [3.63, 3.8) is 0 Å². The third kappa shape index (κ3) is 2.01. The SMILES string of the molecule is CC[C@@]1(O)C(=O)OCc2c1cc1n(c2=O)Cc2cc3cccc(C)c3nc2-1. The molecule has 0 bridgehead atoms. The second kappa shape index (κ2) is 5.27. The van der Waals surface area contributed by atoms with E-state index in [1.165, 1.54) is 0 Å². The molecule has 0 spiro atoms. The number of nitrogens with zero attached hydrogens (tertiary/aromatic N) is 2. The fraction of sp³-hybridized carbons (Fsp3) is 0.286. The number of cyclic esters (lactones) is 1. The number of carbonyl (C=O) groups is 1. The number of aliphatic hydroxyl groups is 1. The van der Waals surface area contributed by atoms with Gasteiger partial charge in [0.2, 0.25) is 0 Å². The molecular formula is C21H18N2O4. The Balaban J connectivity index is 1.82. The lowest BCUT2D eigenvalue weighted by molar-refractivity contribution is -0.172. The van der Waals surface area contributed by atoms with Gasteiger partial charge < -0.3 is 14.4 Å². The van der Waals surface area contributed by atoms with Gasteiger partial charge >= 0.3 is 5.97 Å². The van der Waals surface area contributed by atoms with Gasteiger partial charge in [0.15, 0.2) is 5.60 Å². The Morgan fingerprint density at radius 2 is 2.11 bits per heavy atom. The molecule has 1 aromatic carbocycles. The van der Waals surface area contributed by atoms with Crippen LogP contribution in [0.15, 0.2) is 35.1 Å². The number of esters is 1. The Labute approximate surface area is 155 Å². The van der Waals surface area contributed by atoms with Crippen LogP contribution in [0.3, 0.4) is 0 Å². The molecular weight excluding hydrogens is 344 g/mol. The Hall–Kier alpha value is -2.99. The Morgan fingerprint density at radius 3 is 2.89 bits per heavy atom. The monoisotopic (exact) mass is 362 g/mol. The zero-order valence-electron chi connectivity index (χ0n) is 15.1. The number of para-hydroxylation sites is 1. The molecule has 0 fully saturated rings. The molecule has 0 amide bonds. The predicted octanol–water partition coefficient (Wildman–Crippen LogP) is 2.39. The van der Waals surface area contributed by atoms with E-state index in [1.54, 1.807) is 17.6 Å². The van der Waals surface area contributed by atoms with Gasteiger partial charge in [0.25, 0.3) is 5.56 Å². The standard InChI is InChI=1S/C21H18N2O4/c1-3-21(26)15-8-16-18-13(7-12-6-4-5-11(2)17(12)22-18)9-23(16)19(24)14(15)10-27-20(21)25/h4-8,26H,3,9-10H2,1-2H3/t21-/m0/s1. The highest BCUT2D eigenvalue weighted by molar-refractivity contribution is 5.87. The molecule has 0 aliphatic carbocycles. The lowest BCUT2D eigenvalue weighted by Gasteiger charge is -2.31. The van der Waals surface area contributed by atoms with Gasteiger partial charge in [-0.1, -0.05) is 25.1 Å². The summed E-state index contributed by atoms with van der Waals surface area (Å²) in [7, 11) is 0. The van der Waals surface area contributed by atoms with Crippen molar-refractivity contribution in [3.8, 4) is 11.4 Å². The summed E-state index contributed by atoms with van der Waals surface area (Å²) < 4.78 is 6.74. The number of aryl methyl sites for hydroxylation is 1. The molecule has 6 heteroatoms. The van der Waals surface area contributed by atoms with Crippen LogP contribution in [0, 0.1) is 6.92 Å². The first-order valence-corrected chi connectivity index (χ1v) is 9.00. The minimum Gasteiger partial charge on any atom is -0.458 e. The molecule has 2 aliphatic heterocycles. The van der Waals surface area contributed by atoms with Crippen LogP contribution in [0.25, 0.3) is 22.3 Å². The lowest BCUT2D eigenvalue weighted by atomic mass is 9.86. The average molecular weight is 362 g/mol. The van der Waals surface area contributed by atoms with Gasteiger partial charge in [-0.3, -0.25) is 4.79 Å². The molecule has 1 N–H and O–H groups in total. The molecule has 27 heavy (non-hydrogen) atoms. The van der Waals surface area contributed by atoms with Gasteiger partial charge in [-0.25, -0.2) is 9.78 Å². The van der Waals surface area contributed by atoms with Gasteiger partial charge in [-0.2, -0.15) is 0 Å². The van der Waals surface area contributed by atoms with E-state index in [0.717, 1.165) is 27.7 Å². The minimum absolute atomic E-state index is 0.111. The molecule has 3 aromatic rings. The molecule has 0 radical (unpaired) electrons. The van der Waals surface area contributed by atoms with Crippen molar-refractivity contribution in [2.75, 3.05) is 0 Å². The normalized spacial score (nSPS) is 20.2. The summed E-state index contributed by atoms with van der Waals surface area (Å²) in [6.45, 7) is 4.01. The van der Waals surface area contributed by atoms with Gasteiger partial charge in [-0.05, 0) is 31.0 Å². The number of fused-ring (bicyclic) bond motifs is 5. The van der Waals surface area contributed by atoms with Crippen LogP contribution in [0.2, 0.25) is 0 Å². The molecule has 0 saturated heterocycles. The van der Waals surface area contributed by atoms with E-state index in [0.29, 0.717) is 23.4 Å². The van der Waals surface area contributed by atoms with E-state index in [4.69, 9.17) is 9.72 Å². The smallest absolute Gasteiger partial charge is 0.343 e. The largest absolute Gasteiger partial charge is 0.458 e. The fourth-order valence-electron chi connectivity index (χ4n) is 4.16. The predicted molar refractivity (Wildman–Crippen MR) is 99.3 cm³/mol. The van der Waals surface area contributed by atoms with Crippen LogP contribution in [0.1, 0.15) is 35.6 Å². The number of hydrogen-bond donors (Lipinski definition) is 1. The number of pyridine rings is 2. The van der Waals surface area contributed by atoms with E-state index < -0.39 is 11.6 Å². The average Bonchev–Trinajstić information content (AvgIpc) is 3.02. The lowest BCUT2D eigenvalue weighted by Crippen LogP contribution is -2.44. The number of rotatable bonds is 1. The quantitative estimate of drug-likeness (QED) is 0.526. The van der Waals surface area contributed by atoms with E-state index in [9.17, 15) is 14.7 Å². The maximum atomic E-state index is 13.1. The summed E-state index contributed by atoms with van der Waals surface area (Å²) in [4.78, 5) is 30.1. The van der Waals surface area contributed by atoms with Crippen molar-refractivity contribution in [3.05, 3.63) is 62.9 Å².